The Morgan fingerprint density at radius 2 is 1.96 bits per heavy atom. The van der Waals surface area contributed by atoms with Gasteiger partial charge in [-0.1, -0.05) is 19.1 Å². The minimum absolute atomic E-state index is 0.0510. The van der Waals surface area contributed by atoms with E-state index < -0.39 is 11.9 Å². The summed E-state index contributed by atoms with van der Waals surface area (Å²) in [5.41, 5.74) is 1.20. The molecule has 8 nitrogen and oxygen atoms in total. The largest absolute Gasteiger partial charge is 0.486 e. The summed E-state index contributed by atoms with van der Waals surface area (Å²) in [7, 11) is 1.48. The number of furan rings is 1. The fourth-order valence-electron chi connectivity index (χ4n) is 2.52. The van der Waals surface area contributed by atoms with Gasteiger partial charge >= 0.3 is 5.97 Å². The van der Waals surface area contributed by atoms with E-state index in [9.17, 15) is 14.7 Å². The van der Waals surface area contributed by atoms with Gasteiger partial charge in [-0.2, -0.15) is 5.10 Å². The smallest absolute Gasteiger partial charge is 0.356 e. The van der Waals surface area contributed by atoms with Gasteiger partial charge in [-0.15, -0.1) is 0 Å². The number of anilines is 1. The number of nitrogens with zero attached hydrogens (tertiary/aromatic N) is 2. The first-order valence-electron chi connectivity index (χ1n) is 8.35. The fourth-order valence-corrected chi connectivity index (χ4v) is 2.52. The number of carbonyl (C=O) groups is 2. The molecule has 2 aromatic heterocycles. The van der Waals surface area contributed by atoms with E-state index in [1.54, 1.807) is 6.07 Å². The Bertz CT molecular complexity index is 956. The summed E-state index contributed by atoms with van der Waals surface area (Å²) in [6, 6.07) is 10.9. The highest BCUT2D eigenvalue weighted by atomic mass is 16.5. The standard InChI is InChI=1S/C19H19N3O5/c1-3-12-4-6-13(7-5-12)26-11-14-8-9-16(27-14)18(23)21-15-10-20-22(2)17(15)19(24)25/h4-10H,3,11H2,1-2H3,(H,21,23)(H,24,25). The third-order valence-corrected chi connectivity index (χ3v) is 3.99. The maximum Gasteiger partial charge on any atom is 0.356 e. The number of amides is 1. The van der Waals surface area contributed by atoms with Crippen molar-refractivity contribution in [3.63, 3.8) is 0 Å². The van der Waals surface area contributed by atoms with Gasteiger partial charge in [0.25, 0.3) is 5.91 Å². The zero-order chi connectivity index (χ0) is 19.4. The molecule has 0 atom stereocenters. The first-order chi connectivity index (χ1) is 13.0. The topological polar surface area (TPSA) is 107 Å². The van der Waals surface area contributed by atoms with Gasteiger partial charge in [0.05, 0.1) is 11.9 Å². The summed E-state index contributed by atoms with van der Waals surface area (Å²) in [6.07, 6.45) is 2.23. The van der Waals surface area contributed by atoms with Crippen LogP contribution in [0, 0.1) is 0 Å². The molecule has 0 aliphatic rings. The van der Waals surface area contributed by atoms with Crippen LogP contribution < -0.4 is 10.1 Å². The number of aromatic carboxylic acids is 1. The lowest BCUT2D eigenvalue weighted by Gasteiger charge is -2.05. The molecule has 0 aliphatic heterocycles. The van der Waals surface area contributed by atoms with Crippen molar-refractivity contribution in [1.82, 2.24) is 9.78 Å². The highest BCUT2D eigenvalue weighted by Crippen LogP contribution is 2.18. The van der Waals surface area contributed by atoms with Crippen molar-refractivity contribution in [2.75, 3.05) is 5.32 Å². The minimum atomic E-state index is -1.19. The second-order valence-electron chi connectivity index (χ2n) is 5.84. The lowest BCUT2D eigenvalue weighted by atomic mass is 10.2. The first-order valence-corrected chi connectivity index (χ1v) is 8.35. The molecule has 1 aromatic carbocycles. The maximum atomic E-state index is 12.3. The van der Waals surface area contributed by atoms with Crippen molar-refractivity contribution in [1.29, 1.82) is 0 Å². The number of aromatic nitrogens is 2. The van der Waals surface area contributed by atoms with Gasteiger partial charge in [0, 0.05) is 7.05 Å². The number of hydrogen-bond donors (Lipinski definition) is 2. The molecular formula is C19H19N3O5. The molecule has 0 unspecified atom stereocenters. The van der Waals surface area contributed by atoms with E-state index in [1.807, 2.05) is 24.3 Å². The molecule has 1 amide bonds. The zero-order valence-corrected chi connectivity index (χ0v) is 14.9. The van der Waals surface area contributed by atoms with E-state index in [-0.39, 0.29) is 23.7 Å². The van der Waals surface area contributed by atoms with Gasteiger partial charge in [-0.05, 0) is 36.2 Å². The molecule has 27 heavy (non-hydrogen) atoms. The molecule has 0 bridgehead atoms. The van der Waals surface area contributed by atoms with E-state index in [4.69, 9.17) is 9.15 Å². The van der Waals surface area contributed by atoms with Crippen molar-refractivity contribution in [3.8, 4) is 5.75 Å². The van der Waals surface area contributed by atoms with E-state index >= 15 is 0 Å². The summed E-state index contributed by atoms with van der Waals surface area (Å²) in [4.78, 5) is 23.5. The average molecular weight is 369 g/mol. The molecule has 8 heteroatoms. The molecule has 140 valence electrons. The average Bonchev–Trinajstić information content (AvgIpc) is 3.27. The number of hydrogen-bond acceptors (Lipinski definition) is 5. The Hall–Kier alpha value is -3.55. The number of aryl methyl sites for hydroxylation is 2. The molecule has 0 radical (unpaired) electrons. The minimum Gasteiger partial charge on any atom is -0.486 e. The predicted molar refractivity (Wildman–Crippen MR) is 97.0 cm³/mol. The van der Waals surface area contributed by atoms with Crippen molar-refractivity contribution < 1.29 is 23.8 Å². The number of nitrogens with one attached hydrogen (secondary N) is 1. The Morgan fingerprint density at radius 3 is 2.63 bits per heavy atom. The number of carboxylic acids is 1. The predicted octanol–water partition coefficient (Wildman–Crippen LogP) is 3.11. The summed E-state index contributed by atoms with van der Waals surface area (Å²) in [5.74, 6) is -0.521. The van der Waals surface area contributed by atoms with Crippen LogP contribution in [0.1, 0.15) is 39.3 Å². The van der Waals surface area contributed by atoms with Gasteiger partial charge < -0.3 is 19.6 Å². The highest BCUT2D eigenvalue weighted by Gasteiger charge is 2.20. The normalized spacial score (nSPS) is 10.6. The van der Waals surface area contributed by atoms with Crippen LogP contribution in [0.15, 0.2) is 47.0 Å². The SMILES string of the molecule is CCc1ccc(OCc2ccc(C(=O)Nc3cnn(C)c3C(=O)O)o2)cc1. The monoisotopic (exact) mass is 369 g/mol. The highest BCUT2D eigenvalue weighted by molar-refractivity contribution is 6.05. The maximum absolute atomic E-state index is 12.3. The number of rotatable bonds is 7. The molecule has 3 aromatic rings. The van der Waals surface area contributed by atoms with Crippen LogP contribution in [0.3, 0.4) is 0 Å². The molecule has 2 N–H and O–H groups in total. The van der Waals surface area contributed by atoms with Crippen LogP contribution in [-0.4, -0.2) is 26.8 Å². The van der Waals surface area contributed by atoms with Crippen LogP contribution in [0.2, 0.25) is 0 Å². The summed E-state index contributed by atoms with van der Waals surface area (Å²) < 4.78 is 12.3. The number of carbonyl (C=O) groups excluding carboxylic acids is 1. The molecule has 0 fully saturated rings. The Morgan fingerprint density at radius 1 is 1.22 bits per heavy atom. The summed E-state index contributed by atoms with van der Waals surface area (Å²) in [5, 5.41) is 15.5. The number of ether oxygens (including phenoxy) is 1. The Balaban J connectivity index is 1.63. The van der Waals surface area contributed by atoms with Crippen LogP contribution in [0.4, 0.5) is 5.69 Å². The van der Waals surface area contributed by atoms with E-state index in [1.165, 1.54) is 29.6 Å². The number of carboxylic acid groups (broad SMARTS) is 1. The van der Waals surface area contributed by atoms with Crippen molar-refractivity contribution in [3.05, 3.63) is 65.4 Å². The molecule has 2 heterocycles. The zero-order valence-electron chi connectivity index (χ0n) is 14.9. The van der Waals surface area contributed by atoms with Gasteiger partial charge in [-0.25, -0.2) is 4.79 Å². The molecule has 3 rings (SSSR count). The quantitative estimate of drug-likeness (QED) is 0.663. The van der Waals surface area contributed by atoms with Crippen molar-refractivity contribution in [2.24, 2.45) is 7.05 Å². The van der Waals surface area contributed by atoms with Gasteiger partial charge in [0.15, 0.2) is 11.5 Å². The van der Waals surface area contributed by atoms with Crippen LogP contribution >= 0.6 is 0 Å². The molecule has 0 saturated heterocycles. The lowest BCUT2D eigenvalue weighted by molar-refractivity contribution is 0.0686. The number of benzene rings is 1. The lowest BCUT2D eigenvalue weighted by Crippen LogP contribution is -2.15. The third kappa shape index (κ3) is 4.17. The van der Waals surface area contributed by atoms with E-state index in [0.29, 0.717) is 11.5 Å². The summed E-state index contributed by atoms with van der Waals surface area (Å²) in [6.45, 7) is 2.25. The van der Waals surface area contributed by atoms with Crippen molar-refractivity contribution >= 4 is 17.6 Å². The first kappa shape index (κ1) is 18.2. The van der Waals surface area contributed by atoms with Gasteiger partial charge in [0.1, 0.15) is 18.1 Å². The van der Waals surface area contributed by atoms with Crippen LogP contribution in [-0.2, 0) is 20.1 Å². The molecule has 0 spiro atoms. The fraction of sp³-hybridized carbons (Fsp3) is 0.211. The van der Waals surface area contributed by atoms with Crippen LogP contribution in [0.25, 0.3) is 0 Å². The van der Waals surface area contributed by atoms with Crippen molar-refractivity contribution in [2.45, 2.75) is 20.0 Å². The van der Waals surface area contributed by atoms with E-state index in [2.05, 4.69) is 17.3 Å². The second kappa shape index (κ2) is 7.77. The molecule has 0 aliphatic carbocycles. The Labute approximate surface area is 155 Å². The second-order valence-corrected chi connectivity index (χ2v) is 5.84. The molecular weight excluding hydrogens is 350 g/mol. The summed E-state index contributed by atoms with van der Waals surface area (Å²) >= 11 is 0. The van der Waals surface area contributed by atoms with E-state index in [0.717, 1.165) is 6.42 Å². The van der Waals surface area contributed by atoms with Gasteiger partial charge in [0.2, 0.25) is 0 Å². The molecule has 0 saturated carbocycles. The Kier molecular flexibility index (Phi) is 5.25. The van der Waals surface area contributed by atoms with Crippen LogP contribution in [0.5, 0.6) is 5.75 Å². The third-order valence-electron chi connectivity index (χ3n) is 3.99. The van der Waals surface area contributed by atoms with Gasteiger partial charge in [-0.3, -0.25) is 9.48 Å².